The van der Waals surface area contributed by atoms with Crippen LogP contribution in [0.2, 0.25) is 0 Å². The highest BCUT2D eigenvalue weighted by molar-refractivity contribution is 7.45. The standard InChI is InChI=1S/C56H102NO8P/c1-6-8-10-12-14-16-18-20-22-23-24-25-26-27-28-29-30-31-32-33-35-37-39-41-43-45-47-49-56(59)65-54(53-64-66(60,61)63-51-50-57(3,4)5)52-62-55(58)48-46-44-42-40-38-36-34-21-19-17-15-13-11-9-7-2/h15,17-18,20-21,23-24,26-27,34,54H,6-14,16,19,22,25,28-33,35-53H2,1-5H3/b17-15-,20-18-,24-23-,27-26-,34-21-. The van der Waals surface area contributed by atoms with Gasteiger partial charge in [-0.2, -0.15) is 0 Å². The zero-order valence-electron chi connectivity index (χ0n) is 43.4. The highest BCUT2D eigenvalue weighted by Gasteiger charge is 2.21. The van der Waals surface area contributed by atoms with E-state index in [9.17, 15) is 19.0 Å². The summed E-state index contributed by atoms with van der Waals surface area (Å²) in [6.07, 6.45) is 59.7. The van der Waals surface area contributed by atoms with E-state index in [0.717, 1.165) is 70.6 Å². The number of phosphoric ester groups is 1. The van der Waals surface area contributed by atoms with Crippen molar-refractivity contribution < 1.29 is 42.1 Å². The van der Waals surface area contributed by atoms with Crippen molar-refractivity contribution in [1.82, 2.24) is 0 Å². The second kappa shape index (κ2) is 47.8. The third kappa shape index (κ3) is 51.1. The Hall–Kier alpha value is -2.29. The molecular weight excluding hydrogens is 846 g/mol. The second-order valence-electron chi connectivity index (χ2n) is 19.2. The Kier molecular flexibility index (Phi) is 46.1. The Labute approximate surface area is 406 Å². The number of phosphoric acid groups is 1. The molecule has 0 spiro atoms. The number of unbranched alkanes of at least 4 members (excludes halogenated alkanes) is 25. The van der Waals surface area contributed by atoms with Gasteiger partial charge in [-0.05, 0) is 83.5 Å². The van der Waals surface area contributed by atoms with Crippen molar-refractivity contribution >= 4 is 19.8 Å². The van der Waals surface area contributed by atoms with E-state index in [-0.39, 0.29) is 26.1 Å². The van der Waals surface area contributed by atoms with Crippen molar-refractivity contribution in [3.63, 3.8) is 0 Å². The van der Waals surface area contributed by atoms with Crippen LogP contribution in [-0.2, 0) is 32.7 Å². The lowest BCUT2D eigenvalue weighted by atomic mass is 10.0. The van der Waals surface area contributed by atoms with Crippen LogP contribution in [0, 0.1) is 0 Å². The van der Waals surface area contributed by atoms with Gasteiger partial charge >= 0.3 is 11.9 Å². The molecule has 10 heteroatoms. The van der Waals surface area contributed by atoms with Crippen molar-refractivity contribution in [1.29, 1.82) is 0 Å². The molecule has 2 atom stereocenters. The fourth-order valence-corrected chi connectivity index (χ4v) is 8.01. The molecule has 0 saturated carbocycles. The minimum atomic E-state index is -4.64. The van der Waals surface area contributed by atoms with Crippen molar-refractivity contribution in [2.24, 2.45) is 0 Å². The Morgan fingerprint density at radius 3 is 1.24 bits per heavy atom. The molecule has 2 unspecified atom stereocenters. The van der Waals surface area contributed by atoms with E-state index in [1.807, 2.05) is 21.1 Å². The molecule has 0 aliphatic carbocycles. The van der Waals surface area contributed by atoms with Gasteiger partial charge in [0.25, 0.3) is 7.82 Å². The molecule has 0 radical (unpaired) electrons. The number of ether oxygens (including phenoxy) is 2. The van der Waals surface area contributed by atoms with Crippen LogP contribution in [0.1, 0.15) is 232 Å². The molecule has 66 heavy (non-hydrogen) atoms. The van der Waals surface area contributed by atoms with E-state index >= 15 is 0 Å². The van der Waals surface area contributed by atoms with Crippen LogP contribution in [0.5, 0.6) is 0 Å². The number of rotatable bonds is 49. The smallest absolute Gasteiger partial charge is 0.306 e. The van der Waals surface area contributed by atoms with Crippen LogP contribution in [-0.4, -0.2) is 70.0 Å². The molecule has 9 nitrogen and oxygen atoms in total. The van der Waals surface area contributed by atoms with Crippen molar-refractivity contribution in [2.75, 3.05) is 47.5 Å². The van der Waals surface area contributed by atoms with Gasteiger partial charge in [0.05, 0.1) is 27.7 Å². The normalized spacial score (nSPS) is 13.8. The largest absolute Gasteiger partial charge is 0.756 e. The minimum Gasteiger partial charge on any atom is -0.756 e. The summed E-state index contributed by atoms with van der Waals surface area (Å²) in [6.45, 7) is 4.19. The molecular formula is C56H102NO8P. The summed E-state index contributed by atoms with van der Waals surface area (Å²) in [7, 11) is 1.15. The molecule has 384 valence electrons. The number of allylic oxidation sites excluding steroid dienone is 10. The maximum absolute atomic E-state index is 12.8. The summed E-state index contributed by atoms with van der Waals surface area (Å²) in [4.78, 5) is 37.7. The van der Waals surface area contributed by atoms with E-state index < -0.39 is 32.5 Å². The Morgan fingerprint density at radius 1 is 0.470 bits per heavy atom. The summed E-state index contributed by atoms with van der Waals surface area (Å²) in [5.74, 6) is -0.850. The first-order valence-corrected chi connectivity index (χ1v) is 28.5. The van der Waals surface area contributed by atoms with Gasteiger partial charge in [-0.3, -0.25) is 14.2 Å². The summed E-state index contributed by atoms with van der Waals surface area (Å²) >= 11 is 0. The number of carbonyl (C=O) groups is 2. The molecule has 0 aromatic heterocycles. The number of hydrogen-bond donors (Lipinski definition) is 0. The highest BCUT2D eigenvalue weighted by Crippen LogP contribution is 2.38. The quantitative estimate of drug-likeness (QED) is 0.0195. The summed E-state index contributed by atoms with van der Waals surface area (Å²) < 4.78 is 34.1. The molecule has 0 aliphatic heterocycles. The van der Waals surface area contributed by atoms with Crippen molar-refractivity contribution in [3.8, 4) is 0 Å². The molecule has 0 aromatic carbocycles. The zero-order chi connectivity index (χ0) is 48.5. The average Bonchev–Trinajstić information content (AvgIpc) is 3.27. The van der Waals surface area contributed by atoms with Gasteiger partial charge in [0.1, 0.15) is 19.8 Å². The van der Waals surface area contributed by atoms with Gasteiger partial charge in [0, 0.05) is 12.8 Å². The predicted molar refractivity (Wildman–Crippen MR) is 277 cm³/mol. The van der Waals surface area contributed by atoms with E-state index in [0.29, 0.717) is 23.9 Å². The second-order valence-corrected chi connectivity index (χ2v) is 20.6. The van der Waals surface area contributed by atoms with Gasteiger partial charge in [0.15, 0.2) is 6.10 Å². The van der Waals surface area contributed by atoms with E-state index in [1.54, 1.807) is 0 Å². The fourth-order valence-electron chi connectivity index (χ4n) is 7.28. The Bertz CT molecular complexity index is 1300. The SMILES string of the molecule is CCCCC/C=C\C/C=C\CCCCCCCC(=O)OCC(COP(=O)([O-])OCC[N+](C)(C)C)OC(=O)CCCCCCCCCCCCCC/C=C\C/C=C\C/C=C\CCCCCCC. The van der Waals surface area contributed by atoms with Crippen LogP contribution < -0.4 is 4.89 Å². The van der Waals surface area contributed by atoms with Crippen LogP contribution in [0.15, 0.2) is 60.8 Å². The van der Waals surface area contributed by atoms with Gasteiger partial charge in [-0.25, -0.2) is 0 Å². The fraction of sp³-hybridized carbons (Fsp3) is 0.786. The van der Waals surface area contributed by atoms with E-state index in [1.165, 1.54) is 122 Å². The zero-order valence-corrected chi connectivity index (χ0v) is 44.3. The average molecular weight is 948 g/mol. The third-order valence-corrected chi connectivity index (χ3v) is 12.5. The molecule has 0 bridgehead atoms. The lowest BCUT2D eigenvalue weighted by molar-refractivity contribution is -0.870. The van der Waals surface area contributed by atoms with Crippen LogP contribution in [0.3, 0.4) is 0 Å². The maximum atomic E-state index is 12.8. The monoisotopic (exact) mass is 948 g/mol. The first-order chi connectivity index (χ1) is 32.0. The minimum absolute atomic E-state index is 0.0352. The molecule has 0 fully saturated rings. The molecule has 0 saturated heterocycles. The maximum Gasteiger partial charge on any atom is 0.306 e. The van der Waals surface area contributed by atoms with Gasteiger partial charge in [-0.1, -0.05) is 197 Å². The number of likely N-dealkylation sites (N-methyl/N-ethyl adjacent to an activating group) is 1. The lowest BCUT2D eigenvalue weighted by Crippen LogP contribution is -2.37. The van der Waals surface area contributed by atoms with Crippen LogP contribution >= 0.6 is 7.82 Å². The summed E-state index contributed by atoms with van der Waals surface area (Å²) in [6, 6.07) is 0. The van der Waals surface area contributed by atoms with Crippen molar-refractivity contribution in [3.05, 3.63) is 60.8 Å². The van der Waals surface area contributed by atoms with Gasteiger partial charge < -0.3 is 27.9 Å². The Balaban J connectivity index is 4.19. The molecule has 0 heterocycles. The number of esters is 2. The first kappa shape index (κ1) is 63.7. The molecule has 0 amide bonds. The van der Waals surface area contributed by atoms with E-state index in [4.69, 9.17) is 18.5 Å². The number of nitrogens with zero attached hydrogens (tertiary/aromatic N) is 1. The van der Waals surface area contributed by atoms with Crippen LogP contribution in [0.25, 0.3) is 0 Å². The molecule has 0 aliphatic rings. The predicted octanol–water partition coefficient (Wildman–Crippen LogP) is 15.7. The van der Waals surface area contributed by atoms with Gasteiger partial charge in [-0.15, -0.1) is 0 Å². The molecule has 0 rings (SSSR count). The molecule has 0 N–H and O–H groups in total. The summed E-state index contributed by atoms with van der Waals surface area (Å²) in [5.41, 5.74) is 0. The summed E-state index contributed by atoms with van der Waals surface area (Å²) in [5, 5.41) is 0. The highest BCUT2D eigenvalue weighted by atomic mass is 31.2. The van der Waals surface area contributed by atoms with Crippen LogP contribution in [0.4, 0.5) is 0 Å². The topological polar surface area (TPSA) is 111 Å². The first-order valence-electron chi connectivity index (χ1n) is 27.0. The molecule has 0 aromatic rings. The van der Waals surface area contributed by atoms with E-state index in [2.05, 4.69) is 74.6 Å². The van der Waals surface area contributed by atoms with Gasteiger partial charge in [0.2, 0.25) is 0 Å². The lowest BCUT2D eigenvalue weighted by Gasteiger charge is -2.28. The Morgan fingerprint density at radius 2 is 0.818 bits per heavy atom. The number of quaternary nitrogens is 1. The number of carbonyl (C=O) groups excluding carboxylic acids is 2. The third-order valence-electron chi connectivity index (χ3n) is 11.5. The van der Waals surface area contributed by atoms with Crippen molar-refractivity contribution in [2.45, 2.75) is 238 Å². The number of hydrogen-bond acceptors (Lipinski definition) is 8.